The molecular weight excluding hydrogens is 238 g/mol. The Morgan fingerprint density at radius 2 is 1.53 bits per heavy atom. The van der Waals surface area contributed by atoms with Crippen LogP contribution in [0.2, 0.25) is 0 Å². The minimum atomic E-state index is -0.265. The Balaban J connectivity index is 3.60. The van der Waals surface area contributed by atoms with Crippen LogP contribution in [0.25, 0.3) is 0 Å². The van der Waals surface area contributed by atoms with Crippen molar-refractivity contribution in [3.05, 3.63) is 12.2 Å². The number of carbonyl (C=O) groups excluding carboxylic acids is 1. The zero-order valence-corrected chi connectivity index (χ0v) is 13.3. The molecule has 112 valence electrons. The van der Waals surface area contributed by atoms with Gasteiger partial charge in [0.05, 0.1) is 32.8 Å². The summed E-state index contributed by atoms with van der Waals surface area (Å²) in [7, 11) is 0. The third-order valence-corrected chi connectivity index (χ3v) is 4.12. The fourth-order valence-electron chi connectivity index (χ4n) is 2.34. The van der Waals surface area contributed by atoms with Crippen molar-refractivity contribution in [1.82, 2.24) is 0 Å². The van der Waals surface area contributed by atoms with Crippen LogP contribution >= 0.6 is 0 Å². The Morgan fingerprint density at radius 1 is 1.00 bits per heavy atom. The van der Waals surface area contributed by atoms with Crippen LogP contribution in [0.1, 0.15) is 53.4 Å². The van der Waals surface area contributed by atoms with E-state index in [-0.39, 0.29) is 5.97 Å². The van der Waals surface area contributed by atoms with E-state index in [4.69, 9.17) is 4.74 Å². The Kier molecular flexibility index (Phi) is 9.58. The second-order valence-electron chi connectivity index (χ2n) is 5.34. The van der Waals surface area contributed by atoms with Gasteiger partial charge in [-0.2, -0.15) is 0 Å². The van der Waals surface area contributed by atoms with Gasteiger partial charge in [0.1, 0.15) is 0 Å². The summed E-state index contributed by atoms with van der Waals surface area (Å²) in [5.74, 6) is -0.265. The van der Waals surface area contributed by atoms with Crippen molar-refractivity contribution in [2.75, 3.05) is 32.8 Å². The third-order valence-electron chi connectivity index (χ3n) is 4.12. The monoisotopic (exact) mass is 270 g/mol. The van der Waals surface area contributed by atoms with E-state index in [1.54, 1.807) is 6.92 Å². The molecule has 0 bridgehead atoms. The standard InChI is InChI=1S/C16H32NO2/c1-6-17(7-2,8-3)13-11-9-10-12-14-19-16(18)15(4)5/h4,6-14H2,1-3,5H3/q+1. The predicted octanol–water partition coefficient (Wildman–Crippen LogP) is 3.54. The Bertz CT molecular complexity index is 262. The maximum absolute atomic E-state index is 11.2. The molecule has 0 amide bonds. The number of hydrogen-bond donors (Lipinski definition) is 0. The van der Waals surface area contributed by atoms with Gasteiger partial charge in [0.2, 0.25) is 0 Å². The van der Waals surface area contributed by atoms with Crippen LogP contribution in [-0.4, -0.2) is 43.2 Å². The van der Waals surface area contributed by atoms with Gasteiger partial charge in [-0.25, -0.2) is 4.79 Å². The van der Waals surface area contributed by atoms with E-state index >= 15 is 0 Å². The molecule has 19 heavy (non-hydrogen) atoms. The summed E-state index contributed by atoms with van der Waals surface area (Å²) >= 11 is 0. The minimum absolute atomic E-state index is 0.265. The summed E-state index contributed by atoms with van der Waals surface area (Å²) in [6.45, 7) is 17.6. The van der Waals surface area contributed by atoms with Gasteiger partial charge in [-0.05, 0) is 53.4 Å². The fourth-order valence-corrected chi connectivity index (χ4v) is 2.34. The Labute approximate surface area is 119 Å². The molecule has 0 spiro atoms. The number of ether oxygens (including phenoxy) is 1. The van der Waals surface area contributed by atoms with Crippen LogP contribution in [0, 0.1) is 0 Å². The summed E-state index contributed by atoms with van der Waals surface area (Å²) in [5, 5.41) is 0. The molecule has 0 aliphatic carbocycles. The zero-order chi connectivity index (χ0) is 14.7. The van der Waals surface area contributed by atoms with Crippen LogP contribution in [0.5, 0.6) is 0 Å². The summed E-state index contributed by atoms with van der Waals surface area (Å²) in [6.07, 6.45) is 4.60. The van der Waals surface area contributed by atoms with E-state index in [2.05, 4.69) is 27.4 Å². The maximum atomic E-state index is 11.2. The SMILES string of the molecule is C=C(C)C(=O)OCCCCCC[N+](CC)(CC)CC. The number of hydrogen-bond acceptors (Lipinski definition) is 2. The van der Waals surface area contributed by atoms with Gasteiger partial charge in [-0.1, -0.05) is 6.58 Å². The minimum Gasteiger partial charge on any atom is -0.462 e. The molecule has 0 saturated heterocycles. The molecule has 0 radical (unpaired) electrons. The largest absolute Gasteiger partial charge is 0.462 e. The van der Waals surface area contributed by atoms with Crippen molar-refractivity contribution in [1.29, 1.82) is 0 Å². The fraction of sp³-hybridized carbons (Fsp3) is 0.812. The van der Waals surface area contributed by atoms with Crippen LogP contribution in [0.15, 0.2) is 12.2 Å². The average Bonchev–Trinajstić information content (AvgIpc) is 2.42. The lowest BCUT2D eigenvalue weighted by molar-refractivity contribution is -0.923. The highest BCUT2D eigenvalue weighted by molar-refractivity contribution is 5.86. The second-order valence-corrected chi connectivity index (χ2v) is 5.34. The van der Waals surface area contributed by atoms with Crippen molar-refractivity contribution in [3.8, 4) is 0 Å². The van der Waals surface area contributed by atoms with Gasteiger partial charge >= 0.3 is 5.97 Å². The average molecular weight is 270 g/mol. The van der Waals surface area contributed by atoms with Crippen molar-refractivity contribution in [3.63, 3.8) is 0 Å². The molecule has 0 unspecified atom stereocenters. The molecular formula is C16H32NO2+. The number of rotatable bonds is 11. The summed E-state index contributed by atoms with van der Waals surface area (Å²) < 4.78 is 6.30. The normalized spacial score (nSPS) is 11.4. The first-order chi connectivity index (χ1) is 9.01. The molecule has 0 fully saturated rings. The lowest BCUT2D eigenvalue weighted by atomic mass is 10.1. The number of unbranched alkanes of at least 4 members (excludes halogenated alkanes) is 3. The molecule has 0 aromatic rings. The van der Waals surface area contributed by atoms with E-state index in [0.29, 0.717) is 12.2 Å². The highest BCUT2D eigenvalue weighted by atomic mass is 16.5. The molecule has 0 aliphatic rings. The van der Waals surface area contributed by atoms with Gasteiger partial charge in [0, 0.05) is 5.57 Å². The van der Waals surface area contributed by atoms with Gasteiger partial charge < -0.3 is 9.22 Å². The first-order valence-electron chi connectivity index (χ1n) is 7.69. The van der Waals surface area contributed by atoms with Crippen LogP contribution in [0.4, 0.5) is 0 Å². The molecule has 0 aromatic carbocycles. The van der Waals surface area contributed by atoms with Gasteiger partial charge in [0.25, 0.3) is 0 Å². The van der Waals surface area contributed by atoms with E-state index in [1.165, 1.54) is 43.5 Å². The first-order valence-corrected chi connectivity index (χ1v) is 7.69. The molecule has 3 heteroatoms. The van der Waals surface area contributed by atoms with Crippen molar-refractivity contribution in [2.45, 2.75) is 53.4 Å². The highest BCUT2D eigenvalue weighted by Gasteiger charge is 2.19. The molecule has 0 saturated carbocycles. The van der Waals surface area contributed by atoms with Crippen molar-refractivity contribution < 1.29 is 14.0 Å². The zero-order valence-electron chi connectivity index (χ0n) is 13.3. The van der Waals surface area contributed by atoms with Crippen LogP contribution in [0.3, 0.4) is 0 Å². The Morgan fingerprint density at radius 3 is 2.00 bits per heavy atom. The summed E-state index contributed by atoms with van der Waals surface area (Å²) in [4.78, 5) is 11.2. The smallest absolute Gasteiger partial charge is 0.333 e. The van der Waals surface area contributed by atoms with Crippen molar-refractivity contribution in [2.24, 2.45) is 0 Å². The molecule has 0 aromatic heterocycles. The molecule has 0 heterocycles. The molecule has 3 nitrogen and oxygen atoms in total. The van der Waals surface area contributed by atoms with Gasteiger partial charge in [-0.15, -0.1) is 0 Å². The van der Waals surface area contributed by atoms with E-state index < -0.39 is 0 Å². The lowest BCUT2D eigenvalue weighted by Crippen LogP contribution is -2.48. The molecule has 0 N–H and O–H groups in total. The predicted molar refractivity (Wildman–Crippen MR) is 81.0 cm³/mol. The van der Waals surface area contributed by atoms with Gasteiger partial charge in [-0.3, -0.25) is 0 Å². The number of quaternary nitrogens is 1. The summed E-state index contributed by atoms with van der Waals surface area (Å²) in [5.41, 5.74) is 0.482. The second kappa shape index (κ2) is 10.0. The van der Waals surface area contributed by atoms with Crippen LogP contribution in [-0.2, 0) is 9.53 Å². The van der Waals surface area contributed by atoms with E-state index in [1.807, 2.05) is 0 Å². The van der Waals surface area contributed by atoms with E-state index in [9.17, 15) is 4.79 Å². The van der Waals surface area contributed by atoms with E-state index in [0.717, 1.165) is 12.8 Å². The number of esters is 1. The van der Waals surface area contributed by atoms with Crippen LogP contribution < -0.4 is 0 Å². The number of carbonyl (C=O) groups is 1. The first kappa shape index (κ1) is 18.2. The maximum Gasteiger partial charge on any atom is 0.333 e. The molecule has 0 atom stereocenters. The number of nitrogens with zero attached hydrogens (tertiary/aromatic N) is 1. The lowest BCUT2D eigenvalue weighted by Gasteiger charge is -2.35. The van der Waals surface area contributed by atoms with Gasteiger partial charge in [0.15, 0.2) is 0 Å². The molecule has 0 rings (SSSR count). The topological polar surface area (TPSA) is 26.3 Å². The quantitative estimate of drug-likeness (QED) is 0.248. The Hall–Kier alpha value is -0.830. The van der Waals surface area contributed by atoms with Crippen molar-refractivity contribution >= 4 is 5.97 Å². The summed E-state index contributed by atoms with van der Waals surface area (Å²) in [6, 6.07) is 0. The highest BCUT2D eigenvalue weighted by Crippen LogP contribution is 2.10. The third kappa shape index (κ3) is 7.36. The molecule has 0 aliphatic heterocycles.